The van der Waals surface area contributed by atoms with Gasteiger partial charge in [0.25, 0.3) is 0 Å². The zero-order valence-electron chi connectivity index (χ0n) is 9.12. The summed E-state index contributed by atoms with van der Waals surface area (Å²) < 4.78 is 0. The minimum absolute atomic E-state index is 0.195. The fourth-order valence-corrected chi connectivity index (χ4v) is 1.80. The number of rotatable bonds is 3. The van der Waals surface area contributed by atoms with Crippen LogP contribution in [0, 0.1) is 0 Å². The van der Waals surface area contributed by atoms with E-state index in [1.54, 1.807) is 6.92 Å². The van der Waals surface area contributed by atoms with Crippen LogP contribution in [0.3, 0.4) is 0 Å². The molecule has 14 heavy (non-hydrogen) atoms. The molecule has 0 aromatic heterocycles. The van der Waals surface area contributed by atoms with Gasteiger partial charge in [0.2, 0.25) is 5.91 Å². The van der Waals surface area contributed by atoms with Crippen molar-refractivity contribution in [3.05, 3.63) is 12.7 Å². The number of carbonyl (C=O) groups excluding carboxylic acids is 1. The SMILES string of the molecule is C=CC(C)NC1CCN(C(C)=O)CC1. The predicted octanol–water partition coefficient (Wildman–Crippen LogP) is 1.16. The maximum Gasteiger partial charge on any atom is 0.219 e. The molecule has 1 aliphatic rings. The van der Waals surface area contributed by atoms with Gasteiger partial charge in [-0.15, -0.1) is 6.58 Å². The number of hydrogen-bond donors (Lipinski definition) is 1. The van der Waals surface area contributed by atoms with Crippen molar-refractivity contribution in [3.63, 3.8) is 0 Å². The Labute approximate surface area is 86.2 Å². The molecule has 80 valence electrons. The van der Waals surface area contributed by atoms with Crippen LogP contribution in [0.5, 0.6) is 0 Å². The van der Waals surface area contributed by atoms with Gasteiger partial charge in [-0.05, 0) is 19.8 Å². The number of amides is 1. The Hall–Kier alpha value is -0.830. The van der Waals surface area contributed by atoms with E-state index >= 15 is 0 Å². The highest BCUT2D eigenvalue weighted by Gasteiger charge is 2.20. The summed E-state index contributed by atoms with van der Waals surface area (Å²) in [5, 5.41) is 3.47. The molecule has 0 radical (unpaired) electrons. The van der Waals surface area contributed by atoms with Crippen molar-refractivity contribution in [1.29, 1.82) is 0 Å². The first-order valence-electron chi connectivity index (χ1n) is 5.27. The predicted molar refractivity (Wildman–Crippen MR) is 58.1 cm³/mol. The Morgan fingerprint density at radius 2 is 2.14 bits per heavy atom. The maximum absolute atomic E-state index is 11.1. The second-order valence-electron chi connectivity index (χ2n) is 3.97. The number of nitrogens with one attached hydrogen (secondary N) is 1. The van der Waals surface area contributed by atoms with Crippen LogP contribution in [-0.2, 0) is 4.79 Å². The van der Waals surface area contributed by atoms with E-state index in [0.29, 0.717) is 12.1 Å². The Bertz CT molecular complexity index is 207. The van der Waals surface area contributed by atoms with Gasteiger partial charge in [-0.25, -0.2) is 0 Å². The maximum atomic E-state index is 11.1. The van der Waals surface area contributed by atoms with Gasteiger partial charge in [-0.3, -0.25) is 4.79 Å². The van der Waals surface area contributed by atoms with E-state index in [9.17, 15) is 4.79 Å². The van der Waals surface area contributed by atoms with Gasteiger partial charge in [0.15, 0.2) is 0 Å². The molecule has 1 unspecified atom stereocenters. The molecule has 0 saturated carbocycles. The Balaban J connectivity index is 2.28. The normalized spacial score (nSPS) is 20.6. The fraction of sp³-hybridized carbons (Fsp3) is 0.727. The fourth-order valence-electron chi connectivity index (χ4n) is 1.80. The summed E-state index contributed by atoms with van der Waals surface area (Å²) in [7, 11) is 0. The summed E-state index contributed by atoms with van der Waals surface area (Å²) in [4.78, 5) is 13.0. The number of carbonyl (C=O) groups is 1. The van der Waals surface area contributed by atoms with Crippen molar-refractivity contribution in [2.45, 2.75) is 38.8 Å². The van der Waals surface area contributed by atoms with Crippen LogP contribution in [0.25, 0.3) is 0 Å². The monoisotopic (exact) mass is 196 g/mol. The minimum Gasteiger partial charge on any atom is -0.343 e. The quantitative estimate of drug-likeness (QED) is 0.687. The third-order valence-corrected chi connectivity index (χ3v) is 2.79. The highest BCUT2D eigenvalue weighted by Crippen LogP contribution is 2.10. The molecule has 1 aliphatic heterocycles. The van der Waals surface area contributed by atoms with Crippen LogP contribution >= 0.6 is 0 Å². The molecule has 0 aliphatic carbocycles. The van der Waals surface area contributed by atoms with Crippen molar-refractivity contribution in [3.8, 4) is 0 Å². The average molecular weight is 196 g/mol. The third kappa shape index (κ3) is 3.14. The van der Waals surface area contributed by atoms with Gasteiger partial charge >= 0.3 is 0 Å². The van der Waals surface area contributed by atoms with Gasteiger partial charge in [0.05, 0.1) is 0 Å². The summed E-state index contributed by atoms with van der Waals surface area (Å²) in [6, 6.07) is 0.905. The van der Waals surface area contributed by atoms with Crippen LogP contribution in [0.15, 0.2) is 12.7 Å². The molecule has 1 rings (SSSR count). The topological polar surface area (TPSA) is 32.3 Å². The van der Waals surface area contributed by atoms with Crippen LogP contribution in [0.1, 0.15) is 26.7 Å². The van der Waals surface area contributed by atoms with Crippen LogP contribution < -0.4 is 5.32 Å². The summed E-state index contributed by atoms with van der Waals surface area (Å²) in [5.74, 6) is 0.195. The van der Waals surface area contributed by atoms with E-state index in [-0.39, 0.29) is 5.91 Å². The van der Waals surface area contributed by atoms with Gasteiger partial charge in [-0.1, -0.05) is 6.08 Å². The summed E-state index contributed by atoms with van der Waals surface area (Å²) in [5.41, 5.74) is 0. The first-order valence-corrected chi connectivity index (χ1v) is 5.27. The van der Waals surface area contributed by atoms with Crippen LogP contribution in [0.4, 0.5) is 0 Å². The molecule has 0 bridgehead atoms. The van der Waals surface area contributed by atoms with E-state index < -0.39 is 0 Å². The number of piperidine rings is 1. The third-order valence-electron chi connectivity index (χ3n) is 2.79. The molecule has 1 heterocycles. The lowest BCUT2D eigenvalue weighted by Crippen LogP contribution is -2.46. The van der Waals surface area contributed by atoms with E-state index in [4.69, 9.17) is 0 Å². The molecule has 1 fully saturated rings. The summed E-state index contributed by atoms with van der Waals surface area (Å²) in [6.45, 7) is 9.25. The smallest absolute Gasteiger partial charge is 0.219 e. The number of nitrogens with zero attached hydrogens (tertiary/aromatic N) is 1. The second-order valence-corrected chi connectivity index (χ2v) is 3.97. The summed E-state index contributed by atoms with van der Waals surface area (Å²) >= 11 is 0. The highest BCUT2D eigenvalue weighted by molar-refractivity contribution is 5.73. The van der Waals surface area contributed by atoms with Crippen molar-refractivity contribution >= 4 is 5.91 Å². The van der Waals surface area contributed by atoms with Crippen molar-refractivity contribution < 1.29 is 4.79 Å². The van der Waals surface area contributed by atoms with E-state index in [1.807, 2.05) is 11.0 Å². The lowest BCUT2D eigenvalue weighted by Gasteiger charge is -2.32. The average Bonchev–Trinajstić information content (AvgIpc) is 2.18. The molecule has 1 N–H and O–H groups in total. The molecule has 3 heteroatoms. The molecular weight excluding hydrogens is 176 g/mol. The Kier molecular flexibility index (Phi) is 4.14. The molecular formula is C11H20N2O. The molecule has 3 nitrogen and oxygen atoms in total. The first-order chi connectivity index (χ1) is 6.63. The van der Waals surface area contributed by atoms with Gasteiger partial charge in [0, 0.05) is 32.1 Å². The molecule has 0 aromatic rings. The lowest BCUT2D eigenvalue weighted by molar-refractivity contribution is -0.129. The largest absolute Gasteiger partial charge is 0.343 e. The molecule has 0 spiro atoms. The van der Waals surface area contributed by atoms with Crippen molar-refractivity contribution in [1.82, 2.24) is 10.2 Å². The van der Waals surface area contributed by atoms with Gasteiger partial charge < -0.3 is 10.2 Å². The van der Waals surface area contributed by atoms with E-state index in [0.717, 1.165) is 25.9 Å². The summed E-state index contributed by atoms with van der Waals surface area (Å²) in [6.07, 6.45) is 4.02. The number of hydrogen-bond acceptors (Lipinski definition) is 2. The molecule has 1 atom stereocenters. The minimum atomic E-state index is 0.195. The molecule has 1 saturated heterocycles. The molecule has 1 amide bonds. The van der Waals surface area contributed by atoms with Crippen LogP contribution in [-0.4, -0.2) is 36.0 Å². The number of likely N-dealkylation sites (tertiary alicyclic amines) is 1. The highest BCUT2D eigenvalue weighted by atomic mass is 16.2. The zero-order chi connectivity index (χ0) is 10.6. The van der Waals surface area contributed by atoms with Crippen molar-refractivity contribution in [2.24, 2.45) is 0 Å². The van der Waals surface area contributed by atoms with Gasteiger partial charge in [-0.2, -0.15) is 0 Å². The van der Waals surface area contributed by atoms with Crippen LogP contribution in [0.2, 0.25) is 0 Å². The van der Waals surface area contributed by atoms with E-state index in [1.165, 1.54) is 0 Å². The Morgan fingerprint density at radius 3 is 2.57 bits per heavy atom. The van der Waals surface area contributed by atoms with Gasteiger partial charge in [0.1, 0.15) is 0 Å². The van der Waals surface area contributed by atoms with E-state index in [2.05, 4.69) is 18.8 Å². The van der Waals surface area contributed by atoms with Crippen molar-refractivity contribution in [2.75, 3.05) is 13.1 Å². The second kappa shape index (κ2) is 5.15. The lowest BCUT2D eigenvalue weighted by atomic mass is 10.0. The zero-order valence-corrected chi connectivity index (χ0v) is 9.12. The standard InChI is InChI=1S/C11H20N2O/c1-4-9(2)12-11-5-7-13(8-6-11)10(3)14/h4,9,11-12H,1,5-8H2,2-3H3. The Morgan fingerprint density at radius 1 is 1.57 bits per heavy atom. The first kappa shape index (κ1) is 11.2. The molecule has 0 aromatic carbocycles.